The third-order valence-corrected chi connectivity index (χ3v) is 5.75. The molecule has 0 bridgehead atoms. The van der Waals surface area contributed by atoms with Crippen molar-refractivity contribution in [2.45, 2.75) is 26.8 Å². The number of anilines is 1. The zero-order valence-corrected chi connectivity index (χ0v) is 16.6. The topological polar surface area (TPSA) is 75.7 Å². The molecule has 3 rings (SSSR count). The summed E-state index contributed by atoms with van der Waals surface area (Å²) in [7, 11) is -3.22. The minimum atomic E-state index is -3.22. The fraction of sp³-hybridized carbons (Fsp3) is 0.350. The predicted molar refractivity (Wildman–Crippen MR) is 105 cm³/mol. The summed E-state index contributed by atoms with van der Waals surface area (Å²) in [6.07, 6.45) is 1.89. The monoisotopic (exact) mass is 388 g/mol. The highest BCUT2D eigenvalue weighted by molar-refractivity contribution is 7.88. The molecule has 1 aliphatic rings. The molecule has 144 valence electrons. The molecule has 1 N–H and O–H groups in total. The predicted octanol–water partition coefficient (Wildman–Crippen LogP) is 2.64. The first kappa shape index (κ1) is 19.4. The molecule has 27 heavy (non-hydrogen) atoms. The first-order valence-corrected chi connectivity index (χ1v) is 10.6. The van der Waals surface area contributed by atoms with Gasteiger partial charge in [0.15, 0.2) is 6.61 Å². The Bertz CT molecular complexity index is 950. The first-order valence-electron chi connectivity index (χ1n) is 8.78. The normalized spacial score (nSPS) is 14.5. The summed E-state index contributed by atoms with van der Waals surface area (Å²) in [5.41, 5.74) is 4.82. The van der Waals surface area contributed by atoms with E-state index >= 15 is 0 Å². The van der Waals surface area contributed by atoms with Gasteiger partial charge in [0.25, 0.3) is 5.91 Å². The van der Waals surface area contributed by atoms with Crippen molar-refractivity contribution in [2.24, 2.45) is 0 Å². The molecular formula is C20H24N2O4S. The van der Waals surface area contributed by atoms with E-state index in [4.69, 9.17) is 4.74 Å². The number of aryl methyl sites for hydroxylation is 2. The molecule has 0 radical (unpaired) electrons. The van der Waals surface area contributed by atoms with E-state index in [1.165, 1.54) is 10.6 Å². The van der Waals surface area contributed by atoms with E-state index in [0.717, 1.165) is 22.3 Å². The Labute approximate surface area is 160 Å². The van der Waals surface area contributed by atoms with Gasteiger partial charge >= 0.3 is 0 Å². The molecule has 6 nitrogen and oxygen atoms in total. The molecule has 7 heteroatoms. The molecule has 2 aromatic carbocycles. The fourth-order valence-corrected chi connectivity index (χ4v) is 4.05. The van der Waals surface area contributed by atoms with E-state index < -0.39 is 10.0 Å². The molecule has 0 saturated carbocycles. The van der Waals surface area contributed by atoms with Gasteiger partial charge in [-0.15, -0.1) is 0 Å². The lowest BCUT2D eigenvalue weighted by molar-refractivity contribution is -0.118. The second-order valence-electron chi connectivity index (χ2n) is 6.99. The van der Waals surface area contributed by atoms with Crippen LogP contribution in [0.4, 0.5) is 5.69 Å². The van der Waals surface area contributed by atoms with Crippen LogP contribution >= 0.6 is 0 Å². The second-order valence-corrected chi connectivity index (χ2v) is 8.97. The SMILES string of the molecule is Cc1cc(C)cc(OCC(=O)Nc2ccc3c(c2)CN(S(C)(=O)=O)CC3)c1. The Kier molecular flexibility index (Phi) is 5.53. The summed E-state index contributed by atoms with van der Waals surface area (Å²) in [5, 5.41) is 2.81. The summed E-state index contributed by atoms with van der Waals surface area (Å²) >= 11 is 0. The van der Waals surface area contributed by atoms with E-state index in [2.05, 4.69) is 5.32 Å². The average molecular weight is 388 g/mol. The van der Waals surface area contributed by atoms with Gasteiger partial charge in [-0.25, -0.2) is 8.42 Å². The van der Waals surface area contributed by atoms with Crippen LogP contribution in [0.1, 0.15) is 22.3 Å². The number of amides is 1. The number of rotatable bonds is 5. The van der Waals surface area contributed by atoms with Gasteiger partial charge in [0.05, 0.1) is 6.26 Å². The molecule has 0 unspecified atom stereocenters. The minimum Gasteiger partial charge on any atom is -0.484 e. The number of fused-ring (bicyclic) bond motifs is 1. The Morgan fingerprint density at radius 1 is 1.11 bits per heavy atom. The van der Waals surface area contributed by atoms with E-state index in [0.29, 0.717) is 30.9 Å². The van der Waals surface area contributed by atoms with Gasteiger partial charge in [-0.1, -0.05) is 12.1 Å². The number of benzene rings is 2. The van der Waals surface area contributed by atoms with Crippen molar-refractivity contribution in [2.75, 3.05) is 24.7 Å². The first-order chi connectivity index (χ1) is 12.7. The van der Waals surface area contributed by atoms with Crippen LogP contribution in [0.3, 0.4) is 0 Å². The lowest BCUT2D eigenvalue weighted by Gasteiger charge is -2.27. The zero-order valence-electron chi connectivity index (χ0n) is 15.8. The Morgan fingerprint density at radius 3 is 2.48 bits per heavy atom. The molecule has 0 aliphatic carbocycles. The van der Waals surface area contributed by atoms with Gasteiger partial charge in [0.1, 0.15) is 5.75 Å². The number of carbonyl (C=O) groups is 1. The Balaban J connectivity index is 1.63. The molecule has 0 saturated heterocycles. The van der Waals surface area contributed by atoms with Crippen LogP contribution in [0.5, 0.6) is 5.75 Å². The Morgan fingerprint density at radius 2 is 1.81 bits per heavy atom. The fourth-order valence-electron chi connectivity index (χ4n) is 3.25. The van der Waals surface area contributed by atoms with Crippen molar-refractivity contribution in [1.29, 1.82) is 0 Å². The van der Waals surface area contributed by atoms with Gasteiger partial charge in [-0.05, 0) is 66.8 Å². The van der Waals surface area contributed by atoms with E-state index in [-0.39, 0.29) is 12.5 Å². The van der Waals surface area contributed by atoms with Crippen LogP contribution in [-0.4, -0.2) is 38.0 Å². The third kappa shape index (κ3) is 5.08. The van der Waals surface area contributed by atoms with Crippen LogP contribution in [0.2, 0.25) is 0 Å². The molecule has 0 fully saturated rings. The number of hydrogen-bond acceptors (Lipinski definition) is 4. The van der Waals surface area contributed by atoms with Crippen molar-refractivity contribution in [3.8, 4) is 5.75 Å². The maximum atomic E-state index is 12.2. The molecule has 0 aromatic heterocycles. The maximum absolute atomic E-state index is 12.2. The second kappa shape index (κ2) is 7.70. The largest absolute Gasteiger partial charge is 0.484 e. The number of sulfonamides is 1. The van der Waals surface area contributed by atoms with Crippen molar-refractivity contribution >= 4 is 21.6 Å². The minimum absolute atomic E-state index is 0.0879. The highest BCUT2D eigenvalue weighted by atomic mass is 32.2. The molecule has 1 heterocycles. The van der Waals surface area contributed by atoms with E-state index in [1.54, 1.807) is 0 Å². The van der Waals surface area contributed by atoms with Crippen molar-refractivity contribution in [3.63, 3.8) is 0 Å². The maximum Gasteiger partial charge on any atom is 0.262 e. The van der Waals surface area contributed by atoms with Gasteiger partial charge < -0.3 is 10.1 Å². The highest BCUT2D eigenvalue weighted by Crippen LogP contribution is 2.24. The lowest BCUT2D eigenvalue weighted by atomic mass is 10.0. The smallest absolute Gasteiger partial charge is 0.262 e. The number of nitrogens with zero attached hydrogens (tertiary/aromatic N) is 1. The quantitative estimate of drug-likeness (QED) is 0.854. The van der Waals surface area contributed by atoms with Crippen molar-refractivity contribution in [1.82, 2.24) is 4.31 Å². The number of carbonyl (C=O) groups excluding carboxylic acids is 1. The molecule has 0 atom stereocenters. The Hall–Kier alpha value is -2.38. The van der Waals surface area contributed by atoms with Gasteiger partial charge in [0.2, 0.25) is 10.0 Å². The van der Waals surface area contributed by atoms with E-state index in [9.17, 15) is 13.2 Å². The van der Waals surface area contributed by atoms with Crippen LogP contribution in [-0.2, 0) is 27.8 Å². The van der Waals surface area contributed by atoms with Gasteiger partial charge in [0, 0.05) is 18.8 Å². The van der Waals surface area contributed by atoms with Crippen molar-refractivity contribution in [3.05, 3.63) is 58.7 Å². The highest BCUT2D eigenvalue weighted by Gasteiger charge is 2.23. The summed E-state index contributed by atoms with van der Waals surface area (Å²) in [6.45, 7) is 4.69. The number of hydrogen-bond donors (Lipinski definition) is 1. The lowest BCUT2D eigenvalue weighted by Crippen LogP contribution is -2.35. The molecule has 1 aliphatic heterocycles. The average Bonchev–Trinajstić information content (AvgIpc) is 2.58. The van der Waals surface area contributed by atoms with Crippen LogP contribution in [0.25, 0.3) is 0 Å². The standard InChI is InChI=1S/C20H24N2O4S/c1-14-8-15(2)10-19(9-14)26-13-20(23)21-18-5-4-16-6-7-22(27(3,24)25)12-17(16)11-18/h4-5,8-11H,6-7,12-13H2,1-3H3,(H,21,23). The third-order valence-electron chi connectivity index (χ3n) is 4.50. The van der Waals surface area contributed by atoms with Gasteiger partial charge in [-0.3, -0.25) is 4.79 Å². The summed E-state index contributed by atoms with van der Waals surface area (Å²) in [4.78, 5) is 12.2. The van der Waals surface area contributed by atoms with Gasteiger partial charge in [-0.2, -0.15) is 4.31 Å². The summed E-state index contributed by atoms with van der Waals surface area (Å²) < 4.78 is 30.6. The molecule has 0 spiro atoms. The van der Waals surface area contributed by atoms with Crippen LogP contribution < -0.4 is 10.1 Å². The van der Waals surface area contributed by atoms with Crippen molar-refractivity contribution < 1.29 is 17.9 Å². The number of nitrogens with one attached hydrogen (secondary N) is 1. The summed E-state index contributed by atoms with van der Waals surface area (Å²) in [6, 6.07) is 11.4. The molecule has 2 aromatic rings. The van der Waals surface area contributed by atoms with E-state index in [1.807, 2.05) is 50.2 Å². The zero-order chi connectivity index (χ0) is 19.6. The molecular weight excluding hydrogens is 364 g/mol. The molecule has 1 amide bonds. The number of ether oxygens (including phenoxy) is 1. The summed E-state index contributed by atoms with van der Waals surface area (Å²) in [5.74, 6) is 0.404. The van der Waals surface area contributed by atoms with Crippen LogP contribution in [0.15, 0.2) is 36.4 Å². The van der Waals surface area contributed by atoms with Crippen LogP contribution in [0, 0.1) is 13.8 Å².